The van der Waals surface area contributed by atoms with E-state index in [1.807, 2.05) is 0 Å². The van der Waals surface area contributed by atoms with E-state index in [0.717, 1.165) is 0 Å². The van der Waals surface area contributed by atoms with Gasteiger partial charge in [-0.1, -0.05) is 0 Å². The van der Waals surface area contributed by atoms with Crippen LogP contribution >= 0.6 is 0 Å². The maximum absolute atomic E-state index is 10.1. The van der Waals surface area contributed by atoms with Crippen LogP contribution in [0.15, 0.2) is 0 Å². The average molecular weight is 135 g/mol. The standard InChI is InChI=1S/C4H5NO2.2H2O/c6-3-1-2-4(7)5-3;;/h1-2H2,(H,5,6,7);2*1H2. The molecule has 5 heteroatoms. The van der Waals surface area contributed by atoms with Crippen LogP contribution in [-0.4, -0.2) is 22.8 Å². The molecule has 9 heavy (non-hydrogen) atoms. The normalized spacial score (nSPS) is 15.6. The molecule has 0 saturated carbocycles. The van der Waals surface area contributed by atoms with Gasteiger partial charge in [0.2, 0.25) is 11.8 Å². The summed E-state index contributed by atoms with van der Waals surface area (Å²) in [5.41, 5.74) is 0. The second-order valence-electron chi connectivity index (χ2n) is 1.47. The van der Waals surface area contributed by atoms with Gasteiger partial charge in [-0.15, -0.1) is 0 Å². The minimum absolute atomic E-state index is 0. The topological polar surface area (TPSA) is 109 Å². The van der Waals surface area contributed by atoms with E-state index in [4.69, 9.17) is 0 Å². The number of nitrogens with one attached hydrogen (secondary N) is 1. The lowest BCUT2D eigenvalue weighted by Gasteiger charge is -1.79. The molecular weight excluding hydrogens is 126 g/mol. The SMILES string of the molecule is O.O.O=C1CCC(=O)N1. The molecule has 5 N–H and O–H groups in total. The van der Waals surface area contributed by atoms with Crippen LogP contribution in [0.25, 0.3) is 0 Å². The minimum atomic E-state index is -0.148. The summed E-state index contributed by atoms with van der Waals surface area (Å²) in [6.45, 7) is 0. The highest BCUT2D eigenvalue weighted by Gasteiger charge is 2.15. The van der Waals surface area contributed by atoms with Crippen molar-refractivity contribution in [3.63, 3.8) is 0 Å². The Bertz CT molecular complexity index is 108. The molecule has 0 aromatic carbocycles. The van der Waals surface area contributed by atoms with E-state index in [2.05, 4.69) is 5.32 Å². The zero-order valence-corrected chi connectivity index (χ0v) is 4.73. The first-order valence-corrected chi connectivity index (χ1v) is 2.12. The fourth-order valence-electron chi connectivity index (χ4n) is 0.508. The first-order valence-electron chi connectivity index (χ1n) is 2.12. The smallest absolute Gasteiger partial charge is 0.227 e. The Balaban J connectivity index is 0. The molecule has 1 aliphatic rings. The van der Waals surface area contributed by atoms with Crippen molar-refractivity contribution in [1.82, 2.24) is 5.32 Å². The van der Waals surface area contributed by atoms with Gasteiger partial charge in [-0.05, 0) is 0 Å². The van der Waals surface area contributed by atoms with Gasteiger partial charge in [0.25, 0.3) is 0 Å². The van der Waals surface area contributed by atoms with Crippen LogP contribution in [0.2, 0.25) is 0 Å². The van der Waals surface area contributed by atoms with E-state index >= 15 is 0 Å². The third kappa shape index (κ3) is 2.78. The number of imide groups is 1. The number of carbonyl (C=O) groups is 2. The predicted molar refractivity (Wildman–Crippen MR) is 29.6 cm³/mol. The molecule has 54 valence electrons. The lowest BCUT2D eigenvalue weighted by atomic mass is 10.4. The van der Waals surface area contributed by atoms with Gasteiger partial charge in [0.15, 0.2) is 0 Å². The van der Waals surface area contributed by atoms with E-state index in [1.165, 1.54) is 0 Å². The average Bonchev–Trinajstić information content (AvgIpc) is 1.87. The Morgan fingerprint density at radius 3 is 1.44 bits per heavy atom. The minimum Gasteiger partial charge on any atom is -0.412 e. The lowest BCUT2D eigenvalue weighted by molar-refractivity contribution is -0.124. The summed E-state index contributed by atoms with van der Waals surface area (Å²) in [4.78, 5) is 20.2. The molecule has 1 rings (SSSR count). The second-order valence-corrected chi connectivity index (χ2v) is 1.47. The van der Waals surface area contributed by atoms with Crippen molar-refractivity contribution >= 4 is 11.8 Å². The summed E-state index contributed by atoms with van der Waals surface area (Å²) >= 11 is 0. The first-order chi connectivity index (χ1) is 3.29. The van der Waals surface area contributed by atoms with Gasteiger partial charge in [-0.2, -0.15) is 0 Å². The Hall–Kier alpha value is -0.940. The summed E-state index contributed by atoms with van der Waals surface area (Å²) in [6.07, 6.45) is 0.748. The quantitative estimate of drug-likeness (QED) is 0.379. The molecule has 0 radical (unpaired) electrons. The van der Waals surface area contributed by atoms with Crippen LogP contribution in [0.3, 0.4) is 0 Å². The third-order valence-electron chi connectivity index (χ3n) is 0.858. The van der Waals surface area contributed by atoms with E-state index in [1.54, 1.807) is 0 Å². The first kappa shape index (κ1) is 10.9. The zero-order valence-electron chi connectivity index (χ0n) is 4.73. The monoisotopic (exact) mass is 135 g/mol. The molecule has 1 fully saturated rings. The van der Waals surface area contributed by atoms with Gasteiger partial charge in [-0.3, -0.25) is 14.9 Å². The van der Waals surface area contributed by atoms with Gasteiger partial charge < -0.3 is 11.0 Å². The van der Waals surface area contributed by atoms with Gasteiger partial charge in [0.1, 0.15) is 0 Å². The molecule has 1 aliphatic heterocycles. The molecule has 0 bridgehead atoms. The van der Waals surface area contributed by atoms with Gasteiger partial charge in [0, 0.05) is 12.8 Å². The van der Waals surface area contributed by atoms with Gasteiger partial charge in [-0.25, -0.2) is 0 Å². The molecule has 5 nitrogen and oxygen atoms in total. The highest BCUT2D eigenvalue weighted by atomic mass is 16.2. The molecule has 0 aromatic rings. The van der Waals surface area contributed by atoms with Crippen LogP contribution in [0, 0.1) is 0 Å². The van der Waals surface area contributed by atoms with Crippen molar-refractivity contribution in [2.75, 3.05) is 0 Å². The van der Waals surface area contributed by atoms with Crippen molar-refractivity contribution in [2.45, 2.75) is 12.8 Å². The highest BCUT2D eigenvalue weighted by Crippen LogP contribution is 1.95. The Labute approximate surface area is 51.7 Å². The summed E-state index contributed by atoms with van der Waals surface area (Å²) in [5.74, 6) is -0.296. The molecule has 0 aliphatic carbocycles. The zero-order chi connectivity index (χ0) is 5.28. The lowest BCUT2D eigenvalue weighted by Crippen LogP contribution is -2.18. The molecule has 0 spiro atoms. The molecule has 0 unspecified atom stereocenters. The largest absolute Gasteiger partial charge is 0.412 e. The fourth-order valence-corrected chi connectivity index (χ4v) is 0.508. The number of amides is 2. The van der Waals surface area contributed by atoms with E-state index in [9.17, 15) is 9.59 Å². The van der Waals surface area contributed by atoms with Crippen molar-refractivity contribution in [3.05, 3.63) is 0 Å². The summed E-state index contributed by atoms with van der Waals surface area (Å²) in [5, 5.41) is 2.14. The summed E-state index contributed by atoms with van der Waals surface area (Å²) in [6, 6.07) is 0. The second kappa shape index (κ2) is 3.99. The number of hydrogen-bond donors (Lipinski definition) is 1. The number of carbonyl (C=O) groups excluding carboxylic acids is 2. The third-order valence-corrected chi connectivity index (χ3v) is 0.858. The van der Waals surface area contributed by atoms with Crippen LogP contribution in [0.4, 0.5) is 0 Å². The van der Waals surface area contributed by atoms with Crippen molar-refractivity contribution in [2.24, 2.45) is 0 Å². The predicted octanol–water partition coefficient (Wildman–Crippen LogP) is -2.23. The number of hydrogen-bond acceptors (Lipinski definition) is 2. The van der Waals surface area contributed by atoms with E-state index in [0.29, 0.717) is 12.8 Å². The Kier molecular flexibility index (Phi) is 4.85. The summed E-state index contributed by atoms with van der Waals surface area (Å²) in [7, 11) is 0. The maximum Gasteiger partial charge on any atom is 0.227 e. The van der Waals surface area contributed by atoms with Crippen molar-refractivity contribution < 1.29 is 20.5 Å². The van der Waals surface area contributed by atoms with Crippen LogP contribution in [-0.2, 0) is 9.59 Å². The fraction of sp³-hybridized carbons (Fsp3) is 0.500. The summed E-state index contributed by atoms with van der Waals surface area (Å²) < 4.78 is 0. The van der Waals surface area contributed by atoms with Crippen molar-refractivity contribution in [3.8, 4) is 0 Å². The van der Waals surface area contributed by atoms with Crippen LogP contribution < -0.4 is 5.32 Å². The number of rotatable bonds is 0. The highest BCUT2D eigenvalue weighted by molar-refractivity contribution is 6.01. The van der Waals surface area contributed by atoms with Crippen LogP contribution in [0.1, 0.15) is 12.8 Å². The Morgan fingerprint density at radius 1 is 1.00 bits per heavy atom. The molecular formula is C4H9NO4. The van der Waals surface area contributed by atoms with Crippen LogP contribution in [0.5, 0.6) is 0 Å². The van der Waals surface area contributed by atoms with E-state index in [-0.39, 0.29) is 22.8 Å². The molecule has 1 saturated heterocycles. The van der Waals surface area contributed by atoms with Crippen molar-refractivity contribution in [1.29, 1.82) is 0 Å². The van der Waals surface area contributed by atoms with Gasteiger partial charge >= 0.3 is 0 Å². The molecule has 0 aromatic heterocycles. The maximum atomic E-state index is 10.1. The molecule has 2 amide bonds. The van der Waals surface area contributed by atoms with E-state index < -0.39 is 0 Å². The Morgan fingerprint density at radius 2 is 1.33 bits per heavy atom. The molecule has 0 atom stereocenters. The van der Waals surface area contributed by atoms with Gasteiger partial charge in [0.05, 0.1) is 0 Å². The molecule has 1 heterocycles.